The van der Waals surface area contributed by atoms with E-state index in [2.05, 4.69) is 10.1 Å². The van der Waals surface area contributed by atoms with E-state index in [-0.39, 0.29) is 6.04 Å². The molecule has 0 aliphatic carbocycles. The van der Waals surface area contributed by atoms with Crippen LogP contribution in [0.3, 0.4) is 0 Å². The molecule has 15 heavy (non-hydrogen) atoms. The van der Waals surface area contributed by atoms with Crippen molar-refractivity contribution in [3.05, 3.63) is 42.0 Å². The van der Waals surface area contributed by atoms with Crippen molar-refractivity contribution in [2.75, 3.05) is 0 Å². The van der Waals surface area contributed by atoms with Gasteiger partial charge in [-0.25, -0.2) is 4.52 Å². The van der Waals surface area contributed by atoms with Crippen LogP contribution in [0.25, 0.3) is 5.52 Å². The van der Waals surface area contributed by atoms with Gasteiger partial charge in [-0.1, -0.05) is 11.6 Å². The Hall–Kier alpha value is -1.68. The average Bonchev–Trinajstić information content (AvgIpc) is 2.59. The van der Waals surface area contributed by atoms with Gasteiger partial charge in [-0.05, 0) is 13.8 Å². The number of nitrogens with two attached hydrogens (primary N) is 1. The molecule has 0 bridgehead atoms. The Morgan fingerprint density at radius 3 is 3.00 bits per heavy atom. The summed E-state index contributed by atoms with van der Waals surface area (Å²) in [5.74, 6) is 0. The zero-order chi connectivity index (χ0) is 10.8. The molecular weight excluding hydrogens is 188 g/mol. The molecular formula is C11H14N4. The third-order valence-electron chi connectivity index (χ3n) is 2.23. The van der Waals surface area contributed by atoms with Crippen LogP contribution in [0.4, 0.5) is 0 Å². The monoisotopic (exact) mass is 202 g/mol. The van der Waals surface area contributed by atoms with E-state index >= 15 is 0 Å². The zero-order valence-corrected chi connectivity index (χ0v) is 8.88. The summed E-state index contributed by atoms with van der Waals surface area (Å²) < 4.78 is 1.78. The smallest absolute Gasteiger partial charge is 0.0895 e. The van der Waals surface area contributed by atoms with Gasteiger partial charge in [0.1, 0.15) is 0 Å². The van der Waals surface area contributed by atoms with Crippen LogP contribution in [-0.4, -0.2) is 14.6 Å². The molecule has 1 atom stereocenters. The highest BCUT2D eigenvalue weighted by Gasteiger charge is 2.09. The van der Waals surface area contributed by atoms with E-state index in [0.717, 1.165) is 11.1 Å². The zero-order valence-electron chi connectivity index (χ0n) is 8.88. The van der Waals surface area contributed by atoms with Gasteiger partial charge in [0.2, 0.25) is 0 Å². The predicted molar refractivity (Wildman–Crippen MR) is 59.3 cm³/mol. The summed E-state index contributed by atoms with van der Waals surface area (Å²) in [6.07, 6.45) is 9.11. The van der Waals surface area contributed by atoms with Crippen molar-refractivity contribution in [3.63, 3.8) is 0 Å². The van der Waals surface area contributed by atoms with Gasteiger partial charge in [-0.15, -0.1) is 0 Å². The molecule has 4 nitrogen and oxygen atoms in total. The molecule has 0 aromatic carbocycles. The Morgan fingerprint density at radius 1 is 1.47 bits per heavy atom. The van der Waals surface area contributed by atoms with Crippen molar-refractivity contribution >= 4 is 5.52 Å². The molecule has 4 heteroatoms. The normalized spacial score (nSPS) is 12.7. The van der Waals surface area contributed by atoms with Crippen LogP contribution in [0.1, 0.15) is 25.5 Å². The summed E-state index contributed by atoms with van der Waals surface area (Å²) >= 11 is 0. The van der Waals surface area contributed by atoms with Gasteiger partial charge >= 0.3 is 0 Å². The molecule has 0 aliphatic heterocycles. The molecule has 0 radical (unpaired) electrons. The van der Waals surface area contributed by atoms with Crippen molar-refractivity contribution in [2.24, 2.45) is 5.73 Å². The van der Waals surface area contributed by atoms with Gasteiger partial charge in [0.25, 0.3) is 0 Å². The maximum absolute atomic E-state index is 6.05. The maximum atomic E-state index is 6.05. The molecule has 2 N–H and O–H groups in total. The number of allylic oxidation sites excluding steroid dienone is 1. The van der Waals surface area contributed by atoms with Crippen LogP contribution >= 0.6 is 0 Å². The molecule has 1 unspecified atom stereocenters. The number of aromatic nitrogens is 3. The van der Waals surface area contributed by atoms with E-state index in [0.29, 0.717) is 0 Å². The molecule has 2 aromatic rings. The first kappa shape index (κ1) is 9.86. The summed E-state index contributed by atoms with van der Waals surface area (Å²) in [6.45, 7) is 4.06. The molecule has 0 aliphatic rings. The van der Waals surface area contributed by atoms with Crippen molar-refractivity contribution < 1.29 is 0 Å². The van der Waals surface area contributed by atoms with Crippen molar-refractivity contribution in [3.8, 4) is 0 Å². The number of hydrogen-bond acceptors (Lipinski definition) is 3. The van der Waals surface area contributed by atoms with Gasteiger partial charge in [0.15, 0.2) is 0 Å². The maximum Gasteiger partial charge on any atom is 0.0895 e. The van der Waals surface area contributed by atoms with Crippen molar-refractivity contribution in [2.45, 2.75) is 19.9 Å². The third kappa shape index (κ3) is 1.89. The summed E-state index contributed by atoms with van der Waals surface area (Å²) in [6, 6.07) is -0.114. The fraction of sp³-hybridized carbons (Fsp3) is 0.273. The molecule has 2 heterocycles. The van der Waals surface area contributed by atoms with Crippen LogP contribution in [-0.2, 0) is 0 Å². The fourth-order valence-electron chi connectivity index (χ4n) is 1.56. The lowest BCUT2D eigenvalue weighted by Gasteiger charge is -2.05. The molecule has 0 saturated carbocycles. The molecule has 0 spiro atoms. The Kier molecular flexibility index (Phi) is 2.51. The number of rotatable bonds is 2. The minimum Gasteiger partial charge on any atom is -0.321 e. The van der Waals surface area contributed by atoms with E-state index in [1.807, 2.05) is 26.1 Å². The minimum absolute atomic E-state index is 0.114. The van der Waals surface area contributed by atoms with Gasteiger partial charge < -0.3 is 5.73 Å². The SMILES string of the molecule is CC(C)=CC(N)c1cnn2ccncc12. The van der Waals surface area contributed by atoms with Crippen molar-refractivity contribution in [1.29, 1.82) is 0 Å². The lowest BCUT2D eigenvalue weighted by atomic mass is 10.1. The van der Waals surface area contributed by atoms with E-state index in [4.69, 9.17) is 5.73 Å². The van der Waals surface area contributed by atoms with Gasteiger partial charge in [0, 0.05) is 18.0 Å². The second-order valence-electron chi connectivity index (χ2n) is 3.78. The summed E-state index contributed by atoms with van der Waals surface area (Å²) in [4.78, 5) is 4.07. The predicted octanol–water partition coefficient (Wildman–Crippen LogP) is 1.70. The average molecular weight is 202 g/mol. The summed E-state index contributed by atoms with van der Waals surface area (Å²) in [5, 5.41) is 4.21. The van der Waals surface area contributed by atoms with Crippen LogP contribution in [0.2, 0.25) is 0 Å². The first-order valence-corrected chi connectivity index (χ1v) is 4.86. The number of nitrogens with zero attached hydrogens (tertiary/aromatic N) is 3. The Bertz CT molecular complexity index is 494. The van der Waals surface area contributed by atoms with E-state index in [1.54, 1.807) is 23.1 Å². The molecule has 78 valence electrons. The van der Waals surface area contributed by atoms with Gasteiger partial charge in [-0.3, -0.25) is 4.98 Å². The second kappa shape index (κ2) is 3.82. The number of fused-ring (bicyclic) bond motifs is 1. The molecule has 2 aromatic heterocycles. The molecule has 0 saturated heterocycles. The molecule has 0 amide bonds. The van der Waals surface area contributed by atoms with E-state index < -0.39 is 0 Å². The molecule has 2 rings (SSSR count). The van der Waals surface area contributed by atoms with Gasteiger partial charge in [-0.2, -0.15) is 5.10 Å². The van der Waals surface area contributed by atoms with Crippen LogP contribution in [0, 0.1) is 0 Å². The topological polar surface area (TPSA) is 56.2 Å². The van der Waals surface area contributed by atoms with E-state index in [9.17, 15) is 0 Å². The summed E-state index contributed by atoms with van der Waals surface area (Å²) in [5.41, 5.74) is 9.21. The first-order valence-electron chi connectivity index (χ1n) is 4.86. The minimum atomic E-state index is -0.114. The van der Waals surface area contributed by atoms with Crippen LogP contribution in [0.15, 0.2) is 36.4 Å². The standard InChI is InChI=1S/C11H14N4/c1-8(2)5-10(12)9-6-14-15-4-3-13-7-11(9)15/h3-7,10H,12H2,1-2H3. The third-order valence-corrected chi connectivity index (χ3v) is 2.23. The highest BCUT2D eigenvalue weighted by Crippen LogP contribution is 2.18. The largest absolute Gasteiger partial charge is 0.321 e. The number of hydrogen-bond donors (Lipinski definition) is 1. The molecule has 0 fully saturated rings. The lowest BCUT2D eigenvalue weighted by Crippen LogP contribution is -2.07. The Balaban J connectivity index is 2.48. The van der Waals surface area contributed by atoms with Crippen LogP contribution < -0.4 is 5.73 Å². The second-order valence-corrected chi connectivity index (χ2v) is 3.78. The van der Waals surface area contributed by atoms with Crippen molar-refractivity contribution in [1.82, 2.24) is 14.6 Å². The van der Waals surface area contributed by atoms with Gasteiger partial charge in [0.05, 0.1) is 24.0 Å². The highest BCUT2D eigenvalue weighted by molar-refractivity contribution is 5.54. The summed E-state index contributed by atoms with van der Waals surface area (Å²) in [7, 11) is 0. The Labute approximate surface area is 88.4 Å². The van der Waals surface area contributed by atoms with E-state index in [1.165, 1.54) is 5.57 Å². The lowest BCUT2D eigenvalue weighted by molar-refractivity contribution is 0.908. The quantitative estimate of drug-likeness (QED) is 0.754. The van der Waals surface area contributed by atoms with Crippen LogP contribution in [0.5, 0.6) is 0 Å². The fourth-order valence-corrected chi connectivity index (χ4v) is 1.56. The Morgan fingerprint density at radius 2 is 2.27 bits per heavy atom. The highest BCUT2D eigenvalue weighted by atomic mass is 15.2. The first-order chi connectivity index (χ1) is 7.18.